The molecule has 5 rings (SSSR count). The molecule has 0 spiro atoms. The van der Waals surface area contributed by atoms with Crippen LogP contribution in [0.2, 0.25) is 0 Å². The zero-order chi connectivity index (χ0) is 20.7. The number of hydrogen-bond donors (Lipinski definition) is 1. The van der Waals surface area contributed by atoms with Crippen molar-refractivity contribution in [3.05, 3.63) is 65.7 Å². The van der Waals surface area contributed by atoms with E-state index < -0.39 is 0 Å². The third-order valence-corrected chi connectivity index (χ3v) is 5.55. The second-order valence-corrected chi connectivity index (χ2v) is 7.21. The monoisotopic (exact) mass is 402 g/mol. The van der Waals surface area contributed by atoms with Crippen LogP contribution in [0.15, 0.2) is 64.1 Å². The SMILES string of the molecule is COc1cc(C2=NNC(c3ccc4oc5ccccc5c4c3)C2)cc(OC)c1OC. The molecule has 0 saturated heterocycles. The molecule has 152 valence electrons. The van der Waals surface area contributed by atoms with Crippen LogP contribution in [-0.2, 0) is 0 Å². The summed E-state index contributed by atoms with van der Waals surface area (Å²) in [6, 6.07) is 18.3. The van der Waals surface area contributed by atoms with E-state index in [1.54, 1.807) is 21.3 Å². The molecule has 1 aliphatic heterocycles. The van der Waals surface area contributed by atoms with Crippen LogP contribution in [0.4, 0.5) is 0 Å². The Labute approximate surface area is 174 Å². The van der Waals surface area contributed by atoms with Crippen LogP contribution < -0.4 is 19.6 Å². The van der Waals surface area contributed by atoms with Gasteiger partial charge in [-0.2, -0.15) is 5.10 Å². The Bertz CT molecular complexity index is 1250. The van der Waals surface area contributed by atoms with Crippen LogP contribution in [0.1, 0.15) is 23.6 Å². The van der Waals surface area contributed by atoms with Gasteiger partial charge in [-0.25, -0.2) is 0 Å². The van der Waals surface area contributed by atoms with Gasteiger partial charge >= 0.3 is 0 Å². The molecule has 0 aliphatic carbocycles. The van der Waals surface area contributed by atoms with Gasteiger partial charge in [-0.05, 0) is 35.9 Å². The van der Waals surface area contributed by atoms with Gasteiger partial charge in [-0.3, -0.25) is 0 Å². The number of para-hydroxylation sites is 1. The topological polar surface area (TPSA) is 65.2 Å². The van der Waals surface area contributed by atoms with Gasteiger partial charge in [0.25, 0.3) is 0 Å². The number of hydrazone groups is 1. The van der Waals surface area contributed by atoms with Crippen molar-refractivity contribution in [3.8, 4) is 17.2 Å². The van der Waals surface area contributed by atoms with E-state index in [1.165, 1.54) is 5.56 Å². The molecule has 0 radical (unpaired) electrons. The smallest absolute Gasteiger partial charge is 0.203 e. The number of methoxy groups -OCH3 is 3. The second kappa shape index (κ2) is 7.30. The second-order valence-electron chi connectivity index (χ2n) is 7.21. The lowest BCUT2D eigenvalue weighted by molar-refractivity contribution is 0.324. The van der Waals surface area contributed by atoms with Crippen molar-refractivity contribution in [2.45, 2.75) is 12.5 Å². The van der Waals surface area contributed by atoms with Crippen LogP contribution in [-0.4, -0.2) is 27.0 Å². The van der Waals surface area contributed by atoms with Crippen molar-refractivity contribution in [2.75, 3.05) is 21.3 Å². The predicted molar refractivity (Wildman–Crippen MR) is 117 cm³/mol. The lowest BCUT2D eigenvalue weighted by Gasteiger charge is -2.14. The van der Waals surface area contributed by atoms with Gasteiger partial charge in [0.2, 0.25) is 5.75 Å². The molecule has 1 aromatic heterocycles. The molecule has 1 atom stereocenters. The molecule has 2 heterocycles. The molecule has 0 bridgehead atoms. The number of furan rings is 1. The largest absolute Gasteiger partial charge is 0.493 e. The number of nitrogens with zero attached hydrogens (tertiary/aromatic N) is 1. The number of rotatable bonds is 5. The normalized spacial score (nSPS) is 15.8. The quantitative estimate of drug-likeness (QED) is 0.506. The molecule has 0 saturated carbocycles. The van der Waals surface area contributed by atoms with Crippen LogP contribution in [0.5, 0.6) is 17.2 Å². The molecule has 6 nitrogen and oxygen atoms in total. The van der Waals surface area contributed by atoms with Gasteiger partial charge in [-0.15, -0.1) is 0 Å². The Morgan fingerprint density at radius 3 is 2.33 bits per heavy atom. The van der Waals surface area contributed by atoms with E-state index in [0.717, 1.165) is 39.6 Å². The average Bonchev–Trinajstić information content (AvgIpc) is 3.42. The zero-order valence-electron chi connectivity index (χ0n) is 17.1. The maximum absolute atomic E-state index is 5.94. The van der Waals surface area contributed by atoms with E-state index >= 15 is 0 Å². The molecule has 1 N–H and O–H groups in total. The molecule has 1 aliphatic rings. The van der Waals surface area contributed by atoms with Crippen molar-refractivity contribution in [1.82, 2.24) is 5.43 Å². The first kappa shape index (κ1) is 18.4. The van der Waals surface area contributed by atoms with Crippen molar-refractivity contribution < 1.29 is 18.6 Å². The third-order valence-electron chi connectivity index (χ3n) is 5.55. The lowest BCUT2D eigenvalue weighted by Crippen LogP contribution is -2.09. The van der Waals surface area contributed by atoms with E-state index in [-0.39, 0.29) is 6.04 Å². The maximum Gasteiger partial charge on any atom is 0.203 e. The Morgan fingerprint density at radius 2 is 1.60 bits per heavy atom. The van der Waals surface area contributed by atoms with Crippen molar-refractivity contribution in [1.29, 1.82) is 0 Å². The highest BCUT2D eigenvalue weighted by Crippen LogP contribution is 2.40. The van der Waals surface area contributed by atoms with Crippen LogP contribution >= 0.6 is 0 Å². The molecule has 0 amide bonds. The Balaban J connectivity index is 1.46. The Morgan fingerprint density at radius 1 is 0.867 bits per heavy atom. The summed E-state index contributed by atoms with van der Waals surface area (Å²) in [5.41, 5.74) is 8.12. The summed E-state index contributed by atoms with van der Waals surface area (Å²) in [6.07, 6.45) is 0.750. The van der Waals surface area contributed by atoms with E-state index in [2.05, 4.69) is 28.7 Å². The summed E-state index contributed by atoms with van der Waals surface area (Å²) >= 11 is 0. The lowest BCUT2D eigenvalue weighted by atomic mass is 9.97. The van der Waals surface area contributed by atoms with E-state index in [0.29, 0.717) is 17.2 Å². The van der Waals surface area contributed by atoms with Crippen molar-refractivity contribution >= 4 is 27.7 Å². The molecule has 6 heteroatoms. The average molecular weight is 402 g/mol. The fourth-order valence-corrected chi connectivity index (χ4v) is 4.02. The summed E-state index contributed by atoms with van der Waals surface area (Å²) in [5.74, 6) is 1.80. The van der Waals surface area contributed by atoms with Gasteiger partial charge in [0.05, 0.1) is 33.1 Å². The summed E-state index contributed by atoms with van der Waals surface area (Å²) in [4.78, 5) is 0. The summed E-state index contributed by atoms with van der Waals surface area (Å²) < 4.78 is 22.3. The fraction of sp³-hybridized carbons (Fsp3) is 0.208. The minimum atomic E-state index is 0.0807. The van der Waals surface area contributed by atoms with Crippen LogP contribution in [0.25, 0.3) is 21.9 Å². The highest BCUT2D eigenvalue weighted by atomic mass is 16.5. The summed E-state index contributed by atoms with van der Waals surface area (Å²) in [6.45, 7) is 0. The van der Waals surface area contributed by atoms with E-state index in [4.69, 9.17) is 18.6 Å². The molecular weight excluding hydrogens is 380 g/mol. The highest BCUT2D eigenvalue weighted by molar-refractivity contribution is 6.05. The van der Waals surface area contributed by atoms with Gasteiger partial charge in [0.1, 0.15) is 11.2 Å². The molecule has 4 aromatic rings. The number of ether oxygens (including phenoxy) is 3. The number of hydrogen-bond acceptors (Lipinski definition) is 6. The predicted octanol–water partition coefficient (Wildman–Crippen LogP) is 5.05. The molecule has 3 aromatic carbocycles. The molecule has 30 heavy (non-hydrogen) atoms. The number of benzene rings is 3. The van der Waals surface area contributed by atoms with Gasteiger partial charge < -0.3 is 24.1 Å². The highest BCUT2D eigenvalue weighted by Gasteiger charge is 2.24. The van der Waals surface area contributed by atoms with Gasteiger partial charge in [0.15, 0.2) is 11.5 Å². The minimum absolute atomic E-state index is 0.0807. The van der Waals surface area contributed by atoms with Gasteiger partial charge in [0, 0.05) is 22.8 Å². The van der Waals surface area contributed by atoms with E-state index in [1.807, 2.05) is 36.4 Å². The molecule has 1 unspecified atom stereocenters. The van der Waals surface area contributed by atoms with Crippen molar-refractivity contribution in [2.24, 2.45) is 5.10 Å². The Kier molecular flexibility index (Phi) is 4.47. The van der Waals surface area contributed by atoms with E-state index in [9.17, 15) is 0 Å². The molecule has 0 fully saturated rings. The van der Waals surface area contributed by atoms with Crippen LogP contribution in [0, 0.1) is 0 Å². The van der Waals surface area contributed by atoms with Gasteiger partial charge in [-0.1, -0.05) is 24.3 Å². The summed E-state index contributed by atoms with van der Waals surface area (Å²) in [7, 11) is 4.83. The first-order valence-electron chi connectivity index (χ1n) is 9.75. The maximum atomic E-state index is 5.94. The number of nitrogens with one attached hydrogen (secondary N) is 1. The fourth-order valence-electron chi connectivity index (χ4n) is 4.02. The van der Waals surface area contributed by atoms with Crippen molar-refractivity contribution in [3.63, 3.8) is 0 Å². The first-order valence-corrected chi connectivity index (χ1v) is 9.75. The zero-order valence-corrected chi connectivity index (χ0v) is 17.1. The number of fused-ring (bicyclic) bond motifs is 3. The van der Waals surface area contributed by atoms with Crippen LogP contribution in [0.3, 0.4) is 0 Å². The Hall–Kier alpha value is -3.67. The third kappa shape index (κ3) is 2.92. The first-order chi connectivity index (χ1) is 14.7. The minimum Gasteiger partial charge on any atom is -0.493 e. The standard InChI is InChI=1S/C24H22N2O4/c1-27-22-11-15(12-23(28-2)24(22)29-3)19-13-18(25-26-19)14-8-9-21-17(10-14)16-6-4-5-7-20(16)30-21/h4-12,18,25H,13H2,1-3H3. The summed E-state index contributed by atoms with van der Waals surface area (Å²) in [5, 5.41) is 6.83. The molecular formula is C24H22N2O4.